The summed E-state index contributed by atoms with van der Waals surface area (Å²) >= 11 is 0. The Morgan fingerprint density at radius 2 is 1.74 bits per heavy atom. The monoisotopic (exact) mass is 323 g/mol. The Morgan fingerprint density at radius 1 is 1.09 bits per heavy atom. The second-order valence-corrected chi connectivity index (χ2v) is 5.32. The van der Waals surface area contributed by atoms with Crippen LogP contribution in [-0.4, -0.2) is 11.0 Å². The van der Waals surface area contributed by atoms with Crippen molar-refractivity contribution in [2.75, 3.05) is 0 Å². The van der Waals surface area contributed by atoms with E-state index in [2.05, 4.69) is 0 Å². The van der Waals surface area contributed by atoms with Gasteiger partial charge >= 0.3 is 6.18 Å². The Kier molecular flexibility index (Phi) is 3.71. The summed E-state index contributed by atoms with van der Waals surface area (Å²) in [5.74, 6) is 0.524. The molecule has 2 atom stereocenters. The summed E-state index contributed by atoms with van der Waals surface area (Å²) in [5.41, 5.74) is 0.279. The smallest absolute Gasteiger partial charge is 0.416 e. The fourth-order valence-corrected chi connectivity index (χ4v) is 2.67. The lowest BCUT2D eigenvalue weighted by Crippen LogP contribution is -2.36. The zero-order valence-electron chi connectivity index (χ0n) is 11.8. The summed E-state index contributed by atoms with van der Waals surface area (Å²) in [6.45, 7) is 0. The number of para-hydroxylation sites is 1. The summed E-state index contributed by atoms with van der Waals surface area (Å²) in [5, 5.41) is 11.3. The molecule has 0 radical (unpaired) electrons. The number of rotatable bonds is 2. The van der Waals surface area contributed by atoms with E-state index in [9.17, 15) is 23.3 Å². The molecule has 7 heteroatoms. The molecule has 1 aliphatic heterocycles. The molecule has 2 aromatic rings. The molecule has 0 fully saturated rings. The van der Waals surface area contributed by atoms with Crippen LogP contribution in [0.15, 0.2) is 48.5 Å². The minimum Gasteiger partial charge on any atom is -0.478 e. The van der Waals surface area contributed by atoms with Gasteiger partial charge in [-0.15, -0.1) is 0 Å². The topological polar surface area (TPSA) is 52.4 Å². The van der Waals surface area contributed by atoms with E-state index in [-0.39, 0.29) is 6.42 Å². The number of benzene rings is 2. The van der Waals surface area contributed by atoms with Crippen molar-refractivity contribution < 1.29 is 22.8 Å². The van der Waals surface area contributed by atoms with Crippen LogP contribution in [0.5, 0.6) is 5.75 Å². The minimum absolute atomic E-state index is 0.175. The third-order valence-corrected chi connectivity index (χ3v) is 3.84. The van der Waals surface area contributed by atoms with Gasteiger partial charge in [0.1, 0.15) is 5.75 Å². The molecule has 0 spiro atoms. The number of ether oxygens (including phenoxy) is 1. The third kappa shape index (κ3) is 2.99. The van der Waals surface area contributed by atoms with Gasteiger partial charge in [0.2, 0.25) is 0 Å². The Balaban J connectivity index is 1.95. The molecule has 3 rings (SSSR count). The molecular formula is C16H12F3NO3. The maximum absolute atomic E-state index is 12.6. The first kappa shape index (κ1) is 15.3. The van der Waals surface area contributed by atoms with E-state index in [1.54, 1.807) is 24.3 Å². The van der Waals surface area contributed by atoms with Gasteiger partial charge in [0.15, 0.2) is 6.10 Å². The molecule has 4 nitrogen and oxygen atoms in total. The lowest BCUT2D eigenvalue weighted by molar-refractivity contribution is -0.535. The summed E-state index contributed by atoms with van der Waals surface area (Å²) in [4.78, 5) is 10.9. The average Bonchev–Trinajstić information content (AvgIpc) is 2.53. The van der Waals surface area contributed by atoms with Gasteiger partial charge in [-0.25, -0.2) is 0 Å². The van der Waals surface area contributed by atoms with E-state index in [1.165, 1.54) is 12.1 Å². The van der Waals surface area contributed by atoms with E-state index >= 15 is 0 Å². The zero-order valence-corrected chi connectivity index (χ0v) is 11.8. The Bertz CT molecular complexity index is 728. The fourth-order valence-electron chi connectivity index (χ4n) is 2.67. The van der Waals surface area contributed by atoms with Crippen molar-refractivity contribution >= 4 is 0 Å². The van der Waals surface area contributed by atoms with Gasteiger partial charge in [0, 0.05) is 16.9 Å². The molecule has 2 aromatic carbocycles. The molecule has 0 aliphatic carbocycles. The number of nitro groups is 1. The number of halogens is 3. The Morgan fingerprint density at radius 3 is 2.35 bits per heavy atom. The SMILES string of the molecule is O=[N+]([O-])C1Cc2ccccc2OC1c1ccc(C(F)(F)F)cc1. The molecule has 2 unspecified atom stereocenters. The van der Waals surface area contributed by atoms with Gasteiger partial charge in [-0.3, -0.25) is 10.1 Å². The highest BCUT2D eigenvalue weighted by Gasteiger charge is 2.40. The van der Waals surface area contributed by atoms with Gasteiger partial charge in [0.05, 0.1) is 5.56 Å². The lowest BCUT2D eigenvalue weighted by atomic mass is 9.92. The normalized spacial score (nSPS) is 20.5. The highest BCUT2D eigenvalue weighted by atomic mass is 19.4. The number of alkyl halides is 3. The number of hydrogen-bond acceptors (Lipinski definition) is 3. The van der Waals surface area contributed by atoms with E-state index in [1.807, 2.05) is 0 Å². The van der Waals surface area contributed by atoms with Gasteiger partial charge in [-0.05, 0) is 23.8 Å². The van der Waals surface area contributed by atoms with Crippen molar-refractivity contribution in [3.63, 3.8) is 0 Å². The van der Waals surface area contributed by atoms with Crippen LogP contribution >= 0.6 is 0 Å². The maximum atomic E-state index is 12.6. The molecule has 1 heterocycles. The van der Waals surface area contributed by atoms with Crippen molar-refractivity contribution in [2.45, 2.75) is 24.7 Å². The molecule has 0 saturated carbocycles. The van der Waals surface area contributed by atoms with Crippen LogP contribution < -0.4 is 4.74 Å². The van der Waals surface area contributed by atoms with Gasteiger partial charge in [-0.2, -0.15) is 13.2 Å². The molecule has 1 aliphatic rings. The summed E-state index contributed by atoms with van der Waals surface area (Å²) in [6, 6.07) is 10.2. The molecule has 120 valence electrons. The molecule has 0 N–H and O–H groups in total. The van der Waals surface area contributed by atoms with Crippen molar-refractivity contribution in [3.8, 4) is 5.75 Å². The predicted molar refractivity (Wildman–Crippen MR) is 75.7 cm³/mol. The zero-order chi connectivity index (χ0) is 16.6. The summed E-state index contributed by atoms with van der Waals surface area (Å²) in [7, 11) is 0. The molecule has 0 aromatic heterocycles. The number of fused-ring (bicyclic) bond motifs is 1. The van der Waals surface area contributed by atoms with E-state index < -0.39 is 28.8 Å². The summed E-state index contributed by atoms with van der Waals surface area (Å²) < 4.78 is 43.6. The van der Waals surface area contributed by atoms with Gasteiger partial charge in [0.25, 0.3) is 6.04 Å². The van der Waals surface area contributed by atoms with Crippen LogP contribution in [0.2, 0.25) is 0 Å². The van der Waals surface area contributed by atoms with Crippen molar-refractivity contribution in [2.24, 2.45) is 0 Å². The van der Waals surface area contributed by atoms with Gasteiger partial charge < -0.3 is 4.74 Å². The van der Waals surface area contributed by atoms with Crippen molar-refractivity contribution in [1.29, 1.82) is 0 Å². The molecule has 23 heavy (non-hydrogen) atoms. The van der Waals surface area contributed by atoms with Crippen LogP contribution in [0.25, 0.3) is 0 Å². The first-order chi connectivity index (χ1) is 10.9. The fraction of sp³-hybridized carbons (Fsp3) is 0.250. The maximum Gasteiger partial charge on any atom is 0.416 e. The van der Waals surface area contributed by atoms with E-state index in [4.69, 9.17) is 4.74 Å². The molecule has 0 amide bonds. The summed E-state index contributed by atoms with van der Waals surface area (Å²) in [6.07, 6.45) is -5.18. The lowest BCUT2D eigenvalue weighted by Gasteiger charge is -2.29. The average molecular weight is 323 g/mol. The number of nitrogens with zero attached hydrogens (tertiary/aromatic N) is 1. The minimum atomic E-state index is -4.44. The van der Waals surface area contributed by atoms with Crippen LogP contribution in [0, 0.1) is 10.1 Å². The van der Waals surface area contributed by atoms with Crippen LogP contribution in [0.1, 0.15) is 22.8 Å². The van der Waals surface area contributed by atoms with E-state index in [0.717, 1.165) is 17.7 Å². The highest BCUT2D eigenvalue weighted by Crippen LogP contribution is 2.37. The highest BCUT2D eigenvalue weighted by molar-refractivity contribution is 5.38. The molecular weight excluding hydrogens is 311 g/mol. The third-order valence-electron chi connectivity index (χ3n) is 3.84. The van der Waals surface area contributed by atoms with Crippen LogP contribution in [0.4, 0.5) is 13.2 Å². The van der Waals surface area contributed by atoms with Crippen molar-refractivity contribution in [3.05, 3.63) is 75.3 Å². The first-order valence-corrected chi connectivity index (χ1v) is 6.91. The molecule has 0 bridgehead atoms. The first-order valence-electron chi connectivity index (χ1n) is 6.91. The second-order valence-electron chi connectivity index (χ2n) is 5.32. The second kappa shape index (κ2) is 5.57. The van der Waals surface area contributed by atoms with Crippen LogP contribution in [0.3, 0.4) is 0 Å². The quantitative estimate of drug-likeness (QED) is 0.619. The van der Waals surface area contributed by atoms with Crippen LogP contribution in [-0.2, 0) is 12.6 Å². The van der Waals surface area contributed by atoms with E-state index in [0.29, 0.717) is 11.3 Å². The standard InChI is InChI=1S/C16H12F3NO3/c17-16(18,19)12-7-5-10(6-8-12)15-13(20(21)22)9-11-3-1-2-4-14(11)23-15/h1-8,13,15H,9H2. The Hall–Kier alpha value is -2.57. The van der Waals surface area contributed by atoms with Gasteiger partial charge in [-0.1, -0.05) is 30.3 Å². The predicted octanol–water partition coefficient (Wildman–Crippen LogP) is 4.03. The molecule has 0 saturated heterocycles. The Labute approximate surface area is 129 Å². The number of hydrogen-bond donors (Lipinski definition) is 0. The largest absolute Gasteiger partial charge is 0.478 e. The van der Waals surface area contributed by atoms with Crippen molar-refractivity contribution in [1.82, 2.24) is 0 Å².